The quantitative estimate of drug-likeness (QED) is 0.810. The predicted molar refractivity (Wildman–Crippen MR) is 98.2 cm³/mol. The lowest BCUT2D eigenvalue weighted by molar-refractivity contribution is 0.306. The van der Waals surface area contributed by atoms with E-state index < -0.39 is 0 Å². The van der Waals surface area contributed by atoms with Crippen molar-refractivity contribution < 1.29 is 4.74 Å². The summed E-state index contributed by atoms with van der Waals surface area (Å²) in [4.78, 5) is 0. The van der Waals surface area contributed by atoms with E-state index >= 15 is 0 Å². The molecule has 0 aliphatic carbocycles. The summed E-state index contributed by atoms with van der Waals surface area (Å²) >= 11 is 0. The van der Waals surface area contributed by atoms with Gasteiger partial charge in [-0.15, -0.1) is 0 Å². The Morgan fingerprint density at radius 1 is 0.958 bits per heavy atom. The molecule has 2 unspecified atom stereocenters. The van der Waals surface area contributed by atoms with Crippen molar-refractivity contribution in [3.63, 3.8) is 0 Å². The lowest BCUT2D eigenvalue weighted by Crippen LogP contribution is -2.44. The third-order valence-corrected chi connectivity index (χ3v) is 5.04. The Kier molecular flexibility index (Phi) is 4.66. The molecule has 2 nitrogen and oxygen atoms in total. The molecule has 4 rings (SSSR count). The standard InChI is InChI=1S/C22H25NO/c1-2-6-17(7-3-1)16-24-22-11-4-8-18(15-22)12-19-13-20-9-5-10-21(14-19)23-20/h1-4,6-8,11,13,15,20-21,23H,5,9-10,12,14,16H2. The molecular formula is C22H25NO. The van der Waals surface area contributed by atoms with E-state index in [0.717, 1.165) is 12.2 Å². The number of ether oxygens (including phenoxy) is 1. The van der Waals surface area contributed by atoms with Gasteiger partial charge in [0.05, 0.1) is 0 Å². The van der Waals surface area contributed by atoms with Crippen LogP contribution in [0.2, 0.25) is 0 Å². The Balaban J connectivity index is 1.40. The molecule has 2 heteroatoms. The van der Waals surface area contributed by atoms with Gasteiger partial charge < -0.3 is 10.1 Å². The van der Waals surface area contributed by atoms with Gasteiger partial charge in [-0.1, -0.05) is 60.5 Å². The van der Waals surface area contributed by atoms with E-state index in [4.69, 9.17) is 4.74 Å². The van der Waals surface area contributed by atoms with Gasteiger partial charge in [-0.25, -0.2) is 0 Å². The molecule has 1 N–H and O–H groups in total. The molecule has 0 saturated carbocycles. The minimum Gasteiger partial charge on any atom is -0.489 e. The monoisotopic (exact) mass is 319 g/mol. The molecule has 1 saturated heterocycles. The molecule has 0 radical (unpaired) electrons. The van der Waals surface area contributed by atoms with Gasteiger partial charge >= 0.3 is 0 Å². The lowest BCUT2D eigenvalue weighted by Gasteiger charge is -2.35. The van der Waals surface area contributed by atoms with Crippen LogP contribution in [0.25, 0.3) is 0 Å². The van der Waals surface area contributed by atoms with Gasteiger partial charge in [0.15, 0.2) is 0 Å². The Morgan fingerprint density at radius 2 is 1.83 bits per heavy atom. The maximum Gasteiger partial charge on any atom is 0.120 e. The minimum atomic E-state index is 0.602. The van der Waals surface area contributed by atoms with E-state index in [1.165, 1.54) is 36.8 Å². The zero-order chi connectivity index (χ0) is 16.2. The molecule has 0 amide bonds. The second-order valence-electron chi connectivity index (χ2n) is 7.03. The second-order valence-corrected chi connectivity index (χ2v) is 7.03. The number of piperidine rings is 1. The highest BCUT2D eigenvalue weighted by Crippen LogP contribution is 2.28. The van der Waals surface area contributed by atoms with Gasteiger partial charge in [0, 0.05) is 12.1 Å². The molecule has 124 valence electrons. The smallest absolute Gasteiger partial charge is 0.120 e. The first-order chi connectivity index (χ1) is 11.8. The average Bonchev–Trinajstić information content (AvgIpc) is 2.61. The fourth-order valence-corrected chi connectivity index (χ4v) is 3.89. The molecular weight excluding hydrogens is 294 g/mol. The van der Waals surface area contributed by atoms with Gasteiger partial charge in [-0.05, 0) is 48.9 Å². The van der Waals surface area contributed by atoms with Crippen LogP contribution in [0.3, 0.4) is 0 Å². The van der Waals surface area contributed by atoms with Gasteiger partial charge in [0.2, 0.25) is 0 Å². The van der Waals surface area contributed by atoms with Gasteiger partial charge in [0.25, 0.3) is 0 Å². The van der Waals surface area contributed by atoms with Crippen LogP contribution < -0.4 is 10.1 Å². The molecule has 2 bridgehead atoms. The Labute approximate surface area is 144 Å². The highest BCUT2D eigenvalue weighted by atomic mass is 16.5. The summed E-state index contributed by atoms with van der Waals surface area (Å²) in [5.74, 6) is 0.964. The normalized spacial score (nSPS) is 22.8. The van der Waals surface area contributed by atoms with Crippen molar-refractivity contribution in [2.75, 3.05) is 0 Å². The highest BCUT2D eigenvalue weighted by Gasteiger charge is 2.25. The van der Waals surface area contributed by atoms with Crippen molar-refractivity contribution in [2.24, 2.45) is 0 Å². The maximum absolute atomic E-state index is 5.96. The van der Waals surface area contributed by atoms with E-state index in [0.29, 0.717) is 18.7 Å². The molecule has 0 spiro atoms. The summed E-state index contributed by atoms with van der Waals surface area (Å²) in [7, 11) is 0. The molecule has 24 heavy (non-hydrogen) atoms. The predicted octanol–water partition coefficient (Wildman–Crippen LogP) is 4.65. The van der Waals surface area contributed by atoms with Crippen LogP contribution >= 0.6 is 0 Å². The van der Waals surface area contributed by atoms with E-state index in [1.54, 1.807) is 5.57 Å². The van der Waals surface area contributed by atoms with Crippen LogP contribution in [0.1, 0.15) is 36.8 Å². The minimum absolute atomic E-state index is 0.602. The SMILES string of the molecule is C1=C(Cc2cccc(OCc3ccccc3)c2)CC2CCCC1N2. The lowest BCUT2D eigenvalue weighted by atomic mass is 9.85. The van der Waals surface area contributed by atoms with Crippen molar-refractivity contribution in [3.8, 4) is 5.75 Å². The Hall–Kier alpha value is -2.06. The summed E-state index contributed by atoms with van der Waals surface area (Å²) in [5, 5.41) is 3.72. The first-order valence-electron chi connectivity index (χ1n) is 9.06. The first-order valence-corrected chi connectivity index (χ1v) is 9.06. The summed E-state index contributed by atoms with van der Waals surface area (Å²) in [5.41, 5.74) is 4.15. The van der Waals surface area contributed by atoms with Gasteiger partial charge in [0.1, 0.15) is 12.4 Å². The van der Waals surface area contributed by atoms with E-state index in [-0.39, 0.29) is 0 Å². The maximum atomic E-state index is 5.96. The second kappa shape index (κ2) is 7.23. The summed E-state index contributed by atoms with van der Waals surface area (Å²) < 4.78 is 5.96. The number of hydrogen-bond donors (Lipinski definition) is 1. The third kappa shape index (κ3) is 3.88. The third-order valence-electron chi connectivity index (χ3n) is 5.04. The summed E-state index contributed by atoms with van der Waals surface area (Å²) in [6, 6.07) is 20.2. The largest absolute Gasteiger partial charge is 0.489 e. The van der Waals surface area contributed by atoms with E-state index in [2.05, 4.69) is 59.9 Å². The molecule has 0 aromatic heterocycles. The first kappa shape index (κ1) is 15.5. The summed E-state index contributed by atoms with van der Waals surface area (Å²) in [6.45, 7) is 0.626. The number of nitrogens with one attached hydrogen (secondary N) is 1. The molecule has 2 aliphatic rings. The van der Waals surface area contributed by atoms with Crippen LogP contribution in [0.5, 0.6) is 5.75 Å². The number of rotatable bonds is 5. The molecule has 2 aromatic rings. The fraction of sp³-hybridized carbons (Fsp3) is 0.364. The van der Waals surface area contributed by atoms with Crippen LogP contribution in [0.15, 0.2) is 66.2 Å². The van der Waals surface area contributed by atoms with E-state index in [9.17, 15) is 0 Å². The van der Waals surface area contributed by atoms with Gasteiger partial charge in [-0.2, -0.15) is 0 Å². The topological polar surface area (TPSA) is 21.3 Å². The van der Waals surface area contributed by atoms with E-state index in [1.807, 2.05) is 6.07 Å². The van der Waals surface area contributed by atoms with Crippen molar-refractivity contribution in [1.82, 2.24) is 5.32 Å². The number of hydrogen-bond acceptors (Lipinski definition) is 2. The Bertz CT molecular complexity index is 707. The molecule has 1 fully saturated rings. The van der Waals surface area contributed by atoms with Gasteiger partial charge in [-0.3, -0.25) is 0 Å². The van der Waals surface area contributed by atoms with Crippen molar-refractivity contribution in [2.45, 2.75) is 50.8 Å². The highest BCUT2D eigenvalue weighted by molar-refractivity contribution is 5.33. The van der Waals surface area contributed by atoms with Crippen molar-refractivity contribution in [1.29, 1.82) is 0 Å². The fourth-order valence-electron chi connectivity index (χ4n) is 3.89. The molecule has 2 aliphatic heterocycles. The zero-order valence-corrected chi connectivity index (χ0v) is 14.1. The average molecular weight is 319 g/mol. The van der Waals surface area contributed by atoms with Crippen molar-refractivity contribution >= 4 is 0 Å². The molecule has 2 aromatic carbocycles. The van der Waals surface area contributed by atoms with Crippen LogP contribution in [-0.2, 0) is 13.0 Å². The van der Waals surface area contributed by atoms with Crippen LogP contribution in [0.4, 0.5) is 0 Å². The Morgan fingerprint density at radius 3 is 2.71 bits per heavy atom. The summed E-state index contributed by atoms with van der Waals surface area (Å²) in [6.07, 6.45) is 8.71. The zero-order valence-electron chi connectivity index (χ0n) is 14.1. The molecule has 2 heterocycles. The van der Waals surface area contributed by atoms with Crippen molar-refractivity contribution in [3.05, 3.63) is 77.4 Å². The molecule has 2 atom stereocenters. The number of fused-ring (bicyclic) bond motifs is 2. The van der Waals surface area contributed by atoms with Crippen LogP contribution in [-0.4, -0.2) is 12.1 Å². The van der Waals surface area contributed by atoms with Crippen LogP contribution in [0, 0.1) is 0 Å². The number of benzene rings is 2.